The summed E-state index contributed by atoms with van der Waals surface area (Å²) in [5.41, 5.74) is 10.3. The van der Waals surface area contributed by atoms with Crippen LogP contribution in [0.1, 0.15) is 46.4 Å². The van der Waals surface area contributed by atoms with E-state index in [0.29, 0.717) is 17.7 Å². The highest BCUT2D eigenvalue weighted by atomic mass is 16.5. The normalized spacial score (nSPS) is 12.9. The molecule has 0 aromatic heterocycles. The van der Waals surface area contributed by atoms with Gasteiger partial charge in [-0.25, -0.2) is 0 Å². The van der Waals surface area contributed by atoms with Gasteiger partial charge >= 0.3 is 0 Å². The van der Waals surface area contributed by atoms with Crippen molar-refractivity contribution >= 4 is 23.2 Å². The van der Waals surface area contributed by atoms with Gasteiger partial charge in [-0.1, -0.05) is 60.7 Å². The third-order valence-electron chi connectivity index (χ3n) is 7.29. The average molecular weight is 534 g/mol. The molecule has 6 nitrogen and oxygen atoms in total. The Bertz CT molecular complexity index is 1440. The molecule has 4 aromatic carbocycles. The van der Waals surface area contributed by atoms with E-state index in [0.717, 1.165) is 73.6 Å². The molecule has 0 bridgehead atoms. The maximum absolute atomic E-state index is 13.7. The van der Waals surface area contributed by atoms with Gasteiger partial charge in [-0.2, -0.15) is 0 Å². The number of rotatable bonds is 10. The number of anilines is 2. The Balaban J connectivity index is 1.23. The highest BCUT2D eigenvalue weighted by Crippen LogP contribution is 2.34. The Labute approximate surface area is 236 Å². The Morgan fingerprint density at radius 3 is 2.20 bits per heavy atom. The quantitative estimate of drug-likeness (QED) is 0.234. The van der Waals surface area contributed by atoms with Crippen LogP contribution in [0.4, 0.5) is 11.4 Å². The number of fused-ring (bicyclic) bond motifs is 1. The molecule has 2 N–H and O–H groups in total. The summed E-state index contributed by atoms with van der Waals surface area (Å²) in [7, 11) is 0. The molecule has 0 saturated carbocycles. The molecule has 1 heterocycles. The lowest BCUT2D eigenvalue weighted by molar-refractivity contribution is 0.0983. The van der Waals surface area contributed by atoms with Crippen molar-refractivity contribution in [1.82, 2.24) is 0 Å². The van der Waals surface area contributed by atoms with Gasteiger partial charge < -0.3 is 20.3 Å². The van der Waals surface area contributed by atoms with Crippen LogP contribution in [0.25, 0.3) is 11.1 Å². The van der Waals surface area contributed by atoms with E-state index in [1.165, 1.54) is 0 Å². The number of unbranched alkanes of at least 4 members (excludes halogenated alkanes) is 2. The SMILES string of the molecule is NC(=O)c1ccccc1-c1ccc(C(=O)N2CCCN(CCCCCOc3ccccc3)c3ccccc32)cc1. The molecular formula is C34H35N3O3. The molecule has 0 radical (unpaired) electrons. The van der Waals surface area contributed by atoms with E-state index in [4.69, 9.17) is 10.5 Å². The summed E-state index contributed by atoms with van der Waals surface area (Å²) in [5.74, 6) is 0.419. The summed E-state index contributed by atoms with van der Waals surface area (Å²) < 4.78 is 5.83. The first-order valence-electron chi connectivity index (χ1n) is 13.9. The molecule has 2 amide bonds. The number of primary amides is 1. The van der Waals surface area contributed by atoms with Crippen molar-refractivity contribution in [1.29, 1.82) is 0 Å². The van der Waals surface area contributed by atoms with E-state index >= 15 is 0 Å². The van der Waals surface area contributed by atoms with Gasteiger partial charge in [0, 0.05) is 30.8 Å². The molecule has 40 heavy (non-hydrogen) atoms. The summed E-state index contributed by atoms with van der Waals surface area (Å²) in [6.45, 7) is 3.22. The molecule has 4 aromatic rings. The highest BCUT2D eigenvalue weighted by molar-refractivity contribution is 6.08. The van der Waals surface area contributed by atoms with E-state index in [1.54, 1.807) is 12.1 Å². The first kappa shape index (κ1) is 27.0. The van der Waals surface area contributed by atoms with Gasteiger partial charge in [0.15, 0.2) is 0 Å². The molecule has 1 aliphatic rings. The van der Waals surface area contributed by atoms with Crippen molar-refractivity contribution in [2.24, 2.45) is 5.73 Å². The molecule has 0 spiro atoms. The standard InChI is InChI=1S/C34H35N3O3/c35-33(38)30-15-6-5-14-29(30)26-18-20-27(21-19-26)34(39)37-24-11-23-36(31-16-7-8-17-32(31)37)22-9-2-10-25-40-28-12-3-1-4-13-28/h1,3-8,12-21H,2,9-11,22-25H2,(H2,35,38). The number of carbonyl (C=O) groups is 2. The molecule has 0 atom stereocenters. The summed E-state index contributed by atoms with van der Waals surface area (Å²) >= 11 is 0. The van der Waals surface area contributed by atoms with Crippen molar-refractivity contribution in [2.75, 3.05) is 36.0 Å². The Kier molecular flexibility index (Phi) is 8.76. The lowest BCUT2D eigenvalue weighted by Crippen LogP contribution is -2.31. The van der Waals surface area contributed by atoms with Crippen LogP contribution < -0.4 is 20.3 Å². The predicted octanol–water partition coefficient (Wildman–Crippen LogP) is 6.56. The zero-order chi connectivity index (χ0) is 27.7. The third kappa shape index (κ3) is 6.34. The number of ether oxygens (including phenoxy) is 1. The van der Waals surface area contributed by atoms with Crippen LogP contribution in [0, 0.1) is 0 Å². The number of para-hydroxylation sites is 3. The minimum absolute atomic E-state index is 0.0258. The van der Waals surface area contributed by atoms with Crippen molar-refractivity contribution in [2.45, 2.75) is 25.7 Å². The van der Waals surface area contributed by atoms with Crippen LogP contribution in [0.2, 0.25) is 0 Å². The van der Waals surface area contributed by atoms with E-state index in [-0.39, 0.29) is 5.91 Å². The molecule has 6 heteroatoms. The van der Waals surface area contributed by atoms with Crippen LogP contribution in [-0.4, -0.2) is 38.1 Å². The van der Waals surface area contributed by atoms with Crippen molar-refractivity contribution in [3.63, 3.8) is 0 Å². The van der Waals surface area contributed by atoms with Crippen molar-refractivity contribution in [3.8, 4) is 16.9 Å². The van der Waals surface area contributed by atoms with E-state index in [2.05, 4.69) is 11.0 Å². The lowest BCUT2D eigenvalue weighted by atomic mass is 9.98. The maximum atomic E-state index is 13.7. The van der Waals surface area contributed by atoms with Crippen LogP contribution >= 0.6 is 0 Å². The molecule has 0 saturated heterocycles. The number of amides is 2. The molecule has 5 rings (SSSR count). The van der Waals surface area contributed by atoms with Crippen LogP contribution in [0.3, 0.4) is 0 Å². The van der Waals surface area contributed by atoms with Crippen LogP contribution in [0.5, 0.6) is 5.75 Å². The van der Waals surface area contributed by atoms with Gasteiger partial charge in [0.25, 0.3) is 5.91 Å². The minimum Gasteiger partial charge on any atom is -0.494 e. The highest BCUT2D eigenvalue weighted by Gasteiger charge is 2.25. The van der Waals surface area contributed by atoms with Gasteiger partial charge in [-0.05, 0) is 79.3 Å². The third-order valence-corrected chi connectivity index (χ3v) is 7.29. The molecule has 0 aliphatic carbocycles. The smallest absolute Gasteiger partial charge is 0.258 e. The van der Waals surface area contributed by atoms with Crippen LogP contribution in [0.15, 0.2) is 103 Å². The molecule has 0 fully saturated rings. The number of hydrogen-bond acceptors (Lipinski definition) is 4. The fourth-order valence-corrected chi connectivity index (χ4v) is 5.25. The van der Waals surface area contributed by atoms with Crippen molar-refractivity contribution < 1.29 is 14.3 Å². The van der Waals surface area contributed by atoms with E-state index in [1.807, 2.05) is 89.8 Å². The maximum Gasteiger partial charge on any atom is 0.258 e. The monoisotopic (exact) mass is 533 g/mol. The van der Waals surface area contributed by atoms with Gasteiger partial charge in [0.1, 0.15) is 5.75 Å². The number of nitrogens with zero attached hydrogens (tertiary/aromatic N) is 2. The zero-order valence-electron chi connectivity index (χ0n) is 22.7. The minimum atomic E-state index is -0.470. The number of nitrogens with two attached hydrogens (primary N) is 1. The Morgan fingerprint density at radius 1 is 0.725 bits per heavy atom. The second kappa shape index (κ2) is 13.0. The Hall–Kier alpha value is -4.58. The van der Waals surface area contributed by atoms with Gasteiger partial charge in [-0.15, -0.1) is 0 Å². The molecule has 0 unspecified atom stereocenters. The molecule has 1 aliphatic heterocycles. The fourth-order valence-electron chi connectivity index (χ4n) is 5.25. The lowest BCUT2D eigenvalue weighted by Gasteiger charge is -2.27. The first-order valence-corrected chi connectivity index (χ1v) is 13.9. The average Bonchev–Trinajstić information content (AvgIpc) is 3.18. The largest absolute Gasteiger partial charge is 0.494 e. The second-order valence-electron chi connectivity index (χ2n) is 10.00. The molecule has 204 valence electrons. The van der Waals surface area contributed by atoms with Crippen molar-refractivity contribution in [3.05, 3.63) is 114 Å². The molecular weight excluding hydrogens is 498 g/mol. The summed E-state index contributed by atoms with van der Waals surface area (Å²) in [4.78, 5) is 29.9. The zero-order valence-corrected chi connectivity index (χ0v) is 22.7. The first-order chi connectivity index (χ1) is 19.6. The van der Waals surface area contributed by atoms with E-state index < -0.39 is 5.91 Å². The number of benzene rings is 4. The summed E-state index contributed by atoms with van der Waals surface area (Å²) in [6, 6.07) is 32.8. The van der Waals surface area contributed by atoms with E-state index in [9.17, 15) is 9.59 Å². The number of carbonyl (C=O) groups excluding carboxylic acids is 2. The Morgan fingerprint density at radius 2 is 1.43 bits per heavy atom. The van der Waals surface area contributed by atoms with Gasteiger partial charge in [0.05, 0.1) is 18.0 Å². The van der Waals surface area contributed by atoms with Gasteiger partial charge in [-0.3, -0.25) is 9.59 Å². The fraction of sp³-hybridized carbons (Fsp3) is 0.235. The summed E-state index contributed by atoms with van der Waals surface area (Å²) in [5, 5.41) is 0. The predicted molar refractivity (Wildman–Crippen MR) is 161 cm³/mol. The van der Waals surface area contributed by atoms with Gasteiger partial charge in [0.2, 0.25) is 5.91 Å². The van der Waals surface area contributed by atoms with Crippen LogP contribution in [-0.2, 0) is 0 Å². The topological polar surface area (TPSA) is 75.9 Å². The summed E-state index contributed by atoms with van der Waals surface area (Å²) in [6.07, 6.45) is 4.05. The number of hydrogen-bond donors (Lipinski definition) is 1. The second-order valence-corrected chi connectivity index (χ2v) is 10.00.